The van der Waals surface area contributed by atoms with Crippen molar-refractivity contribution in [3.05, 3.63) is 71.8 Å². The number of carbonyl (C=O) groups excluding carboxylic acids is 2. The fourth-order valence-corrected chi connectivity index (χ4v) is 4.79. The first kappa shape index (κ1) is 23.5. The summed E-state index contributed by atoms with van der Waals surface area (Å²) in [5, 5.41) is 14.9. The van der Waals surface area contributed by atoms with Crippen molar-refractivity contribution in [2.75, 3.05) is 6.61 Å². The van der Waals surface area contributed by atoms with E-state index in [1.807, 2.05) is 37.3 Å². The van der Waals surface area contributed by atoms with Crippen LogP contribution in [0.2, 0.25) is 0 Å². The molecular weight excluding hydrogens is 432 g/mol. The molecule has 3 atom stereocenters. The normalized spacial score (nSPS) is 19.6. The number of hydrogen-bond acceptors (Lipinski definition) is 4. The molecule has 2 amide bonds. The number of nitrogens with one attached hydrogen (secondary N) is 2. The van der Waals surface area contributed by atoms with Crippen LogP contribution in [0.1, 0.15) is 49.7 Å². The number of rotatable bonds is 8. The maximum Gasteiger partial charge on any atom is 0.407 e. The topological polar surface area (TPSA) is 105 Å². The fourth-order valence-electron chi connectivity index (χ4n) is 4.79. The highest BCUT2D eigenvalue weighted by molar-refractivity contribution is 5.80. The summed E-state index contributed by atoms with van der Waals surface area (Å²) < 4.78 is 5.59. The Morgan fingerprint density at radius 1 is 1.06 bits per heavy atom. The van der Waals surface area contributed by atoms with Gasteiger partial charge in [0.15, 0.2) is 0 Å². The van der Waals surface area contributed by atoms with Gasteiger partial charge < -0.3 is 20.5 Å². The van der Waals surface area contributed by atoms with Crippen molar-refractivity contribution in [3.8, 4) is 11.1 Å². The molecule has 1 unspecified atom stereocenters. The zero-order chi connectivity index (χ0) is 24.1. The number of benzene rings is 2. The predicted molar refractivity (Wildman–Crippen MR) is 128 cm³/mol. The maximum absolute atomic E-state index is 12.5. The number of allylic oxidation sites excluding steroid dienone is 1. The van der Waals surface area contributed by atoms with Gasteiger partial charge in [-0.1, -0.05) is 67.6 Å². The van der Waals surface area contributed by atoms with Crippen LogP contribution in [-0.2, 0) is 14.3 Å². The number of alkyl carbamates (subject to hydrolysis) is 1. The molecule has 0 aliphatic heterocycles. The molecule has 3 N–H and O–H groups in total. The van der Waals surface area contributed by atoms with Gasteiger partial charge in [-0.05, 0) is 41.5 Å². The summed E-state index contributed by atoms with van der Waals surface area (Å²) >= 11 is 0. The summed E-state index contributed by atoms with van der Waals surface area (Å²) in [5.74, 6) is -1.60. The molecule has 0 spiro atoms. The minimum absolute atomic E-state index is 0.0261. The van der Waals surface area contributed by atoms with Crippen LogP contribution in [0.4, 0.5) is 4.79 Å². The molecule has 0 radical (unpaired) electrons. The van der Waals surface area contributed by atoms with Crippen LogP contribution in [0.25, 0.3) is 11.1 Å². The molecule has 7 nitrogen and oxygen atoms in total. The summed E-state index contributed by atoms with van der Waals surface area (Å²) in [6.07, 6.45) is 4.58. The third-order valence-corrected chi connectivity index (χ3v) is 6.61. The Morgan fingerprint density at radius 2 is 1.71 bits per heavy atom. The standard InChI is InChI=1S/C27H30N2O5/c1-2-18(15-25(30)28-19-9-7-8-17(14-19)26(31)32)29-27(33)34-16-24-22-12-5-3-10-20(22)21-11-4-6-13-23(21)24/h3-7,9-13,17-19,24H,2,8,14-16H2,1H3,(H,28,30)(H,29,33)(H,31,32)/t17-,18?,19-/m1/s1. The van der Waals surface area contributed by atoms with Gasteiger partial charge in [-0.15, -0.1) is 0 Å². The first-order chi connectivity index (χ1) is 16.5. The average molecular weight is 463 g/mol. The zero-order valence-corrected chi connectivity index (χ0v) is 19.2. The highest BCUT2D eigenvalue weighted by atomic mass is 16.5. The van der Waals surface area contributed by atoms with Crippen molar-refractivity contribution < 1.29 is 24.2 Å². The molecule has 0 bridgehead atoms. The van der Waals surface area contributed by atoms with Crippen LogP contribution in [0.3, 0.4) is 0 Å². The van der Waals surface area contributed by atoms with Gasteiger partial charge in [-0.3, -0.25) is 9.59 Å². The molecule has 0 aromatic heterocycles. The number of carbonyl (C=O) groups is 3. The molecule has 0 fully saturated rings. The van der Waals surface area contributed by atoms with E-state index < -0.39 is 18.0 Å². The van der Waals surface area contributed by atoms with E-state index in [-0.39, 0.29) is 36.9 Å². The Kier molecular flexibility index (Phi) is 7.30. The highest BCUT2D eigenvalue weighted by Crippen LogP contribution is 2.44. The second-order valence-corrected chi connectivity index (χ2v) is 8.89. The molecule has 2 aliphatic carbocycles. The quantitative estimate of drug-likeness (QED) is 0.509. The Bertz CT molecular complexity index is 1050. The van der Waals surface area contributed by atoms with Crippen molar-refractivity contribution >= 4 is 18.0 Å². The van der Waals surface area contributed by atoms with Crippen molar-refractivity contribution in [2.24, 2.45) is 5.92 Å². The van der Waals surface area contributed by atoms with Gasteiger partial charge >= 0.3 is 12.1 Å². The molecule has 2 aromatic rings. The van der Waals surface area contributed by atoms with Crippen molar-refractivity contribution in [1.82, 2.24) is 10.6 Å². The van der Waals surface area contributed by atoms with Gasteiger partial charge in [0.1, 0.15) is 6.61 Å². The zero-order valence-electron chi connectivity index (χ0n) is 19.2. The summed E-state index contributed by atoms with van der Waals surface area (Å²) in [6, 6.07) is 15.6. The number of amides is 2. The van der Waals surface area contributed by atoms with Crippen LogP contribution >= 0.6 is 0 Å². The van der Waals surface area contributed by atoms with Crippen molar-refractivity contribution in [3.63, 3.8) is 0 Å². The molecule has 0 saturated heterocycles. The SMILES string of the molecule is CCC(CC(=O)N[C@@H]1C=CC[C@@H](C(=O)O)C1)NC(=O)OCC1c2ccccc2-c2ccccc21. The number of carboxylic acids is 1. The van der Waals surface area contributed by atoms with E-state index in [1.165, 1.54) is 0 Å². The minimum atomic E-state index is -0.855. The summed E-state index contributed by atoms with van der Waals surface area (Å²) in [7, 11) is 0. The lowest BCUT2D eigenvalue weighted by molar-refractivity contribution is -0.142. The summed E-state index contributed by atoms with van der Waals surface area (Å²) in [6.45, 7) is 2.11. The second kappa shape index (κ2) is 10.5. The third kappa shape index (κ3) is 5.30. The molecule has 7 heteroatoms. The van der Waals surface area contributed by atoms with Gasteiger partial charge in [0.05, 0.1) is 5.92 Å². The smallest absolute Gasteiger partial charge is 0.407 e. The van der Waals surface area contributed by atoms with E-state index in [0.717, 1.165) is 22.3 Å². The number of fused-ring (bicyclic) bond motifs is 3. The van der Waals surface area contributed by atoms with E-state index in [4.69, 9.17) is 4.74 Å². The van der Waals surface area contributed by atoms with Gasteiger partial charge in [0, 0.05) is 24.4 Å². The Morgan fingerprint density at radius 3 is 2.32 bits per heavy atom. The fraction of sp³-hybridized carbons (Fsp3) is 0.370. The maximum atomic E-state index is 12.5. The van der Waals surface area contributed by atoms with Crippen LogP contribution in [0, 0.1) is 5.92 Å². The Balaban J connectivity index is 1.29. The van der Waals surface area contributed by atoms with Crippen LogP contribution in [-0.4, -0.2) is 41.8 Å². The Hall–Kier alpha value is -3.61. The first-order valence-corrected chi connectivity index (χ1v) is 11.8. The van der Waals surface area contributed by atoms with E-state index >= 15 is 0 Å². The molecule has 0 heterocycles. The number of carboxylic acid groups (broad SMARTS) is 1. The monoisotopic (exact) mass is 462 g/mol. The van der Waals surface area contributed by atoms with E-state index in [9.17, 15) is 19.5 Å². The van der Waals surface area contributed by atoms with Crippen molar-refractivity contribution in [2.45, 2.75) is 50.6 Å². The highest BCUT2D eigenvalue weighted by Gasteiger charge is 2.29. The van der Waals surface area contributed by atoms with Crippen LogP contribution < -0.4 is 10.6 Å². The van der Waals surface area contributed by atoms with E-state index in [0.29, 0.717) is 19.3 Å². The molecule has 2 aliphatic rings. The second-order valence-electron chi connectivity index (χ2n) is 8.89. The lowest BCUT2D eigenvalue weighted by Gasteiger charge is -2.24. The van der Waals surface area contributed by atoms with Crippen molar-refractivity contribution in [1.29, 1.82) is 0 Å². The molecule has 4 rings (SSSR count). The molecule has 178 valence electrons. The van der Waals surface area contributed by atoms with Crippen LogP contribution in [0.5, 0.6) is 0 Å². The average Bonchev–Trinajstić information content (AvgIpc) is 3.16. The largest absolute Gasteiger partial charge is 0.481 e. The summed E-state index contributed by atoms with van der Waals surface area (Å²) in [5.41, 5.74) is 4.61. The minimum Gasteiger partial charge on any atom is -0.481 e. The lowest BCUT2D eigenvalue weighted by atomic mass is 9.91. The molecule has 34 heavy (non-hydrogen) atoms. The number of ether oxygens (including phenoxy) is 1. The number of aliphatic carboxylic acids is 1. The van der Waals surface area contributed by atoms with E-state index in [1.54, 1.807) is 6.08 Å². The van der Waals surface area contributed by atoms with Gasteiger partial charge in [-0.2, -0.15) is 0 Å². The predicted octanol–water partition coefficient (Wildman–Crippen LogP) is 4.23. The Labute approximate surface area is 199 Å². The molecule has 2 aromatic carbocycles. The van der Waals surface area contributed by atoms with Gasteiger partial charge in [-0.25, -0.2) is 4.79 Å². The van der Waals surface area contributed by atoms with E-state index in [2.05, 4.69) is 34.9 Å². The third-order valence-electron chi connectivity index (χ3n) is 6.61. The van der Waals surface area contributed by atoms with Crippen LogP contribution in [0.15, 0.2) is 60.7 Å². The van der Waals surface area contributed by atoms with Gasteiger partial charge in [0.2, 0.25) is 5.91 Å². The summed E-state index contributed by atoms with van der Waals surface area (Å²) in [4.78, 5) is 36.3. The number of hydrogen-bond donors (Lipinski definition) is 3. The molecule has 0 saturated carbocycles. The first-order valence-electron chi connectivity index (χ1n) is 11.8. The molecular formula is C27H30N2O5. The lowest BCUT2D eigenvalue weighted by Crippen LogP contribution is -2.43. The van der Waals surface area contributed by atoms with Gasteiger partial charge in [0.25, 0.3) is 0 Å².